The van der Waals surface area contributed by atoms with Crippen molar-refractivity contribution in [2.24, 2.45) is 0 Å². The smallest absolute Gasteiger partial charge is 0.135 e. The highest BCUT2D eigenvalue weighted by Crippen LogP contribution is 2.56. The van der Waals surface area contributed by atoms with Crippen LogP contribution in [0.2, 0.25) is 0 Å². The second-order valence-corrected chi connectivity index (χ2v) is 18.0. The zero-order valence-corrected chi connectivity index (χ0v) is 37.8. The fourth-order valence-corrected chi connectivity index (χ4v) is 10.9. The summed E-state index contributed by atoms with van der Waals surface area (Å²) in [6.45, 7) is 0. The molecule has 69 heavy (non-hydrogen) atoms. The van der Waals surface area contributed by atoms with Gasteiger partial charge in [0.05, 0.1) is 5.41 Å². The van der Waals surface area contributed by atoms with Crippen LogP contribution >= 0.6 is 0 Å². The molecule has 13 rings (SSSR count). The first-order valence-corrected chi connectivity index (χ1v) is 23.7. The molecule has 0 radical (unpaired) electrons. The molecule has 0 bridgehead atoms. The molecule has 0 amide bonds. The van der Waals surface area contributed by atoms with Gasteiger partial charge in [-0.15, -0.1) is 0 Å². The minimum Gasteiger partial charge on any atom is -0.456 e. The summed E-state index contributed by atoms with van der Waals surface area (Å²) in [6, 6.07) is 99.2. The standard InChI is InChI=1S/C67H45NO/c1-3-14-46(15-4-1)47-26-28-48(29-27-47)49-30-37-56(38-31-49)68(57-39-32-50(33-40-57)51-16-13-17-52(44-51)53-34-43-66-62(45-53)61-22-9-12-25-65(61)69-66)58-41-35-55(36-42-58)67(54-18-5-2-6-19-54)63-23-10-7-20-59(63)60-21-8-11-24-64(60)67/h1-45H. The first kappa shape index (κ1) is 40.3. The van der Waals surface area contributed by atoms with Crippen LogP contribution in [-0.4, -0.2) is 0 Å². The Labute approximate surface area is 402 Å². The minimum atomic E-state index is -0.468. The van der Waals surface area contributed by atoms with E-state index in [1.54, 1.807) is 0 Å². The van der Waals surface area contributed by atoms with Crippen LogP contribution in [0.25, 0.3) is 77.6 Å². The van der Waals surface area contributed by atoms with Crippen LogP contribution in [0.3, 0.4) is 0 Å². The Morgan fingerprint density at radius 2 is 0.652 bits per heavy atom. The third-order valence-corrected chi connectivity index (χ3v) is 14.2. The maximum Gasteiger partial charge on any atom is 0.135 e. The third kappa shape index (κ3) is 6.88. The lowest BCUT2D eigenvalue weighted by atomic mass is 9.68. The van der Waals surface area contributed by atoms with Gasteiger partial charge in [0.2, 0.25) is 0 Å². The highest BCUT2D eigenvalue weighted by molar-refractivity contribution is 6.06. The van der Waals surface area contributed by atoms with Crippen molar-refractivity contribution in [3.05, 3.63) is 295 Å². The summed E-state index contributed by atoms with van der Waals surface area (Å²) >= 11 is 0. The predicted octanol–water partition coefficient (Wildman–Crippen LogP) is 18.1. The number of hydrogen-bond acceptors (Lipinski definition) is 2. The minimum absolute atomic E-state index is 0.468. The number of hydrogen-bond donors (Lipinski definition) is 0. The molecule has 1 aliphatic rings. The Morgan fingerprint density at radius 3 is 1.26 bits per heavy atom. The summed E-state index contributed by atoms with van der Waals surface area (Å²) in [6.07, 6.45) is 0. The van der Waals surface area contributed by atoms with Crippen molar-refractivity contribution < 1.29 is 4.42 Å². The molecule has 0 aliphatic heterocycles. The third-order valence-electron chi connectivity index (χ3n) is 14.2. The number of nitrogens with zero attached hydrogens (tertiary/aromatic N) is 1. The van der Waals surface area contributed by atoms with E-state index in [-0.39, 0.29) is 0 Å². The van der Waals surface area contributed by atoms with Crippen molar-refractivity contribution >= 4 is 39.0 Å². The van der Waals surface area contributed by atoms with Gasteiger partial charge in [-0.05, 0) is 139 Å². The van der Waals surface area contributed by atoms with Crippen molar-refractivity contribution in [2.45, 2.75) is 5.41 Å². The fraction of sp³-hybridized carbons (Fsp3) is 0.0149. The van der Waals surface area contributed by atoms with Crippen molar-refractivity contribution in [1.82, 2.24) is 0 Å². The van der Waals surface area contributed by atoms with Gasteiger partial charge in [-0.25, -0.2) is 0 Å². The van der Waals surface area contributed by atoms with Crippen LogP contribution in [0, 0.1) is 0 Å². The number of fused-ring (bicyclic) bond motifs is 6. The molecule has 1 aromatic heterocycles. The van der Waals surface area contributed by atoms with Crippen molar-refractivity contribution in [3.8, 4) is 55.6 Å². The molecule has 0 fully saturated rings. The van der Waals surface area contributed by atoms with Gasteiger partial charge in [-0.2, -0.15) is 0 Å². The maximum atomic E-state index is 6.15. The van der Waals surface area contributed by atoms with E-state index < -0.39 is 5.41 Å². The highest BCUT2D eigenvalue weighted by Gasteiger charge is 2.45. The number of para-hydroxylation sites is 1. The SMILES string of the molecule is c1ccc(-c2ccc(-c3ccc(N(c4ccc(-c5cccc(-c6ccc7oc8ccccc8c7c6)c5)cc4)c4ccc(C5(c6ccccc6)c6ccccc6-c6ccccc65)cc4)cc3)cc2)cc1. The van der Waals surface area contributed by atoms with Gasteiger partial charge in [0.1, 0.15) is 11.2 Å². The molecule has 1 heterocycles. The second-order valence-electron chi connectivity index (χ2n) is 18.0. The first-order chi connectivity index (χ1) is 34.2. The largest absolute Gasteiger partial charge is 0.456 e. The van der Waals surface area contributed by atoms with Gasteiger partial charge in [-0.3, -0.25) is 0 Å². The highest BCUT2D eigenvalue weighted by atomic mass is 16.3. The molecule has 0 N–H and O–H groups in total. The molecule has 324 valence electrons. The van der Waals surface area contributed by atoms with Crippen LogP contribution in [0.1, 0.15) is 22.3 Å². The average molecular weight is 880 g/mol. The summed E-state index contributed by atoms with van der Waals surface area (Å²) in [5.41, 5.74) is 21.7. The number of furan rings is 1. The van der Waals surface area contributed by atoms with E-state index in [9.17, 15) is 0 Å². The Kier molecular flexibility index (Phi) is 9.77. The lowest BCUT2D eigenvalue weighted by molar-refractivity contribution is 0.669. The van der Waals surface area contributed by atoms with E-state index in [1.165, 1.54) is 61.2 Å². The van der Waals surface area contributed by atoms with Crippen LogP contribution in [-0.2, 0) is 5.41 Å². The van der Waals surface area contributed by atoms with E-state index in [1.807, 2.05) is 12.1 Å². The van der Waals surface area contributed by atoms with Crippen molar-refractivity contribution in [3.63, 3.8) is 0 Å². The first-order valence-electron chi connectivity index (χ1n) is 23.7. The van der Waals surface area contributed by atoms with Crippen LogP contribution in [0.15, 0.2) is 277 Å². The second kappa shape index (κ2) is 16.7. The predicted molar refractivity (Wildman–Crippen MR) is 287 cm³/mol. The monoisotopic (exact) mass is 879 g/mol. The topological polar surface area (TPSA) is 16.4 Å². The number of anilines is 3. The molecule has 2 heteroatoms. The van der Waals surface area contributed by atoms with Gasteiger partial charge >= 0.3 is 0 Å². The van der Waals surface area contributed by atoms with Gasteiger partial charge < -0.3 is 9.32 Å². The fourth-order valence-electron chi connectivity index (χ4n) is 10.9. The van der Waals surface area contributed by atoms with Crippen LogP contribution < -0.4 is 4.90 Å². The van der Waals surface area contributed by atoms with Crippen LogP contribution in [0.4, 0.5) is 17.1 Å². The van der Waals surface area contributed by atoms with Gasteiger partial charge in [0.25, 0.3) is 0 Å². The molecule has 11 aromatic carbocycles. The molecule has 0 saturated carbocycles. The summed E-state index contributed by atoms with van der Waals surface area (Å²) in [5.74, 6) is 0. The molecule has 0 atom stereocenters. The molecule has 2 nitrogen and oxygen atoms in total. The quantitative estimate of drug-likeness (QED) is 0.144. The van der Waals surface area contributed by atoms with E-state index >= 15 is 0 Å². The number of benzene rings is 11. The molecule has 0 unspecified atom stereocenters. The molecule has 1 aliphatic carbocycles. The summed E-state index contributed by atoms with van der Waals surface area (Å²) in [5, 5.41) is 2.27. The lowest BCUT2D eigenvalue weighted by Crippen LogP contribution is -2.28. The average Bonchev–Trinajstić information content (AvgIpc) is 3.96. The van der Waals surface area contributed by atoms with E-state index in [0.29, 0.717) is 0 Å². The van der Waals surface area contributed by atoms with Gasteiger partial charge in [0.15, 0.2) is 0 Å². The van der Waals surface area contributed by atoms with Crippen molar-refractivity contribution in [2.75, 3.05) is 4.90 Å². The van der Waals surface area contributed by atoms with Crippen molar-refractivity contribution in [1.29, 1.82) is 0 Å². The molecule has 0 spiro atoms. The molecule has 12 aromatic rings. The normalized spacial score (nSPS) is 12.5. The molecular formula is C67H45NO. The maximum absolute atomic E-state index is 6.15. The van der Waals surface area contributed by atoms with Crippen LogP contribution in [0.5, 0.6) is 0 Å². The van der Waals surface area contributed by atoms with E-state index in [0.717, 1.165) is 55.7 Å². The Morgan fingerprint density at radius 1 is 0.261 bits per heavy atom. The number of rotatable bonds is 9. The summed E-state index contributed by atoms with van der Waals surface area (Å²) in [7, 11) is 0. The zero-order chi connectivity index (χ0) is 45.7. The Balaban J connectivity index is 0.886. The Bertz CT molecular complexity index is 3750. The molecular weight excluding hydrogens is 835 g/mol. The van der Waals surface area contributed by atoms with Gasteiger partial charge in [0, 0.05) is 27.8 Å². The van der Waals surface area contributed by atoms with E-state index in [2.05, 4.69) is 266 Å². The Hall–Kier alpha value is -8.98. The molecule has 0 saturated heterocycles. The zero-order valence-electron chi connectivity index (χ0n) is 37.8. The van der Waals surface area contributed by atoms with Gasteiger partial charge in [-0.1, -0.05) is 212 Å². The summed E-state index contributed by atoms with van der Waals surface area (Å²) < 4.78 is 6.15. The van der Waals surface area contributed by atoms with E-state index in [4.69, 9.17) is 4.42 Å². The summed E-state index contributed by atoms with van der Waals surface area (Å²) in [4.78, 5) is 2.38. The lowest BCUT2D eigenvalue weighted by Gasteiger charge is -2.34.